The summed E-state index contributed by atoms with van der Waals surface area (Å²) in [4.78, 5) is 7.58. The third-order valence-corrected chi connectivity index (χ3v) is 18.5. The van der Waals surface area contributed by atoms with Crippen molar-refractivity contribution in [3.63, 3.8) is 0 Å². The molecule has 2 unspecified atom stereocenters. The number of aliphatic hydroxyl groups is 1. The van der Waals surface area contributed by atoms with Crippen LogP contribution in [0.4, 0.5) is 17.6 Å². The quantitative estimate of drug-likeness (QED) is 0.0735. The summed E-state index contributed by atoms with van der Waals surface area (Å²) >= 11 is 3.70. The van der Waals surface area contributed by atoms with Crippen molar-refractivity contribution < 1.29 is 27.4 Å². The highest BCUT2D eigenvalue weighted by molar-refractivity contribution is 8.00. The summed E-state index contributed by atoms with van der Waals surface area (Å²) in [6, 6.07) is 47.0. The van der Waals surface area contributed by atoms with E-state index < -0.39 is 6.10 Å². The molecule has 0 bridgehead atoms. The molecule has 12 heteroatoms. The van der Waals surface area contributed by atoms with Gasteiger partial charge in [-0.3, -0.25) is 4.90 Å². The van der Waals surface area contributed by atoms with E-state index in [0.717, 1.165) is 85.2 Å². The molecule has 0 saturated carbocycles. The molecule has 2 atom stereocenters. The molecule has 2 spiro atoms. The molecule has 5 fully saturated rings. The Labute approximate surface area is 445 Å². The Morgan fingerprint density at radius 3 is 1.28 bits per heavy atom. The minimum atomic E-state index is -0.427. The van der Waals surface area contributed by atoms with Crippen LogP contribution in [0.5, 0.6) is 0 Å². The minimum absolute atomic E-state index is 0.0526. The van der Waals surface area contributed by atoms with Crippen LogP contribution >= 0.6 is 23.5 Å². The number of benzene rings is 6. The van der Waals surface area contributed by atoms with E-state index >= 15 is 0 Å². The second kappa shape index (κ2) is 26.5. The molecular formula is C62H72F4N4O2S2. The molecule has 5 aliphatic rings. The third kappa shape index (κ3) is 15.6. The molecule has 0 aliphatic carbocycles. The Morgan fingerprint density at radius 1 is 0.500 bits per heavy atom. The van der Waals surface area contributed by atoms with Crippen LogP contribution in [-0.2, 0) is 4.74 Å². The Morgan fingerprint density at radius 2 is 0.892 bits per heavy atom. The van der Waals surface area contributed by atoms with Gasteiger partial charge in [-0.05, 0) is 171 Å². The maximum Gasteiger partial charge on any atom is 0.123 e. The maximum absolute atomic E-state index is 13.5. The van der Waals surface area contributed by atoms with Crippen molar-refractivity contribution >= 4 is 23.5 Å². The summed E-state index contributed by atoms with van der Waals surface area (Å²) in [6.45, 7) is 12.8. The fourth-order valence-corrected chi connectivity index (χ4v) is 13.8. The zero-order valence-corrected chi connectivity index (χ0v) is 44.1. The van der Waals surface area contributed by atoms with E-state index in [-0.39, 0.29) is 33.8 Å². The lowest BCUT2D eigenvalue weighted by Crippen LogP contribution is -2.42. The standard InChI is InChI=1S/C31H36F2N2OS.C23H28F2N2S.C8H8O/c32-27-10-6-25(7-11-27)30(26-8-12-28(33)13-9-26)37-21-20-34-17-14-31(15-18-34)16-19-35(23-31)22-29(36)24-4-2-1-3-5-24;24-20-5-1-18(2-6-20)22(19-3-7-21(25)8-4-19)28-16-15-27-13-10-23(11-14-27)9-12-26-17-23;1-2-4-7(5-3-1)8-6-9-8/h1-13,29-30,36H,14-23H2;1-8,22,26H,9-17H2;1-5,8H,6H2. The molecule has 5 heterocycles. The number of hydrogen-bond acceptors (Lipinski definition) is 8. The van der Waals surface area contributed by atoms with Crippen molar-refractivity contribution in [3.05, 3.63) is 214 Å². The van der Waals surface area contributed by atoms with Gasteiger partial charge in [0.1, 0.15) is 29.4 Å². The monoisotopic (exact) mass is 1040 g/mol. The number of aliphatic hydroxyl groups excluding tert-OH is 1. The molecular weight excluding hydrogens is 973 g/mol. The van der Waals surface area contributed by atoms with Gasteiger partial charge >= 0.3 is 0 Å². The van der Waals surface area contributed by atoms with Gasteiger partial charge in [0.05, 0.1) is 23.2 Å². The Bertz CT molecular complexity index is 2480. The topological polar surface area (TPSA) is 54.5 Å². The maximum atomic E-state index is 13.5. The van der Waals surface area contributed by atoms with Crippen molar-refractivity contribution in [1.82, 2.24) is 20.0 Å². The minimum Gasteiger partial charge on any atom is -0.387 e. The number of halogens is 4. The van der Waals surface area contributed by atoms with Gasteiger partial charge in [-0.15, -0.1) is 23.5 Å². The fourth-order valence-electron chi connectivity index (χ4n) is 11.2. The van der Waals surface area contributed by atoms with Gasteiger partial charge in [-0.2, -0.15) is 0 Å². The average Bonchev–Trinajstić information content (AvgIpc) is 4.08. The van der Waals surface area contributed by atoms with Crippen molar-refractivity contribution in [2.45, 2.75) is 61.2 Å². The van der Waals surface area contributed by atoms with Gasteiger partial charge in [0.2, 0.25) is 0 Å². The Hall–Kier alpha value is -4.50. The van der Waals surface area contributed by atoms with Crippen LogP contribution in [0.3, 0.4) is 0 Å². The van der Waals surface area contributed by atoms with Crippen LogP contribution in [0.25, 0.3) is 0 Å². The summed E-state index contributed by atoms with van der Waals surface area (Å²) in [5, 5.41) is 14.3. The highest BCUT2D eigenvalue weighted by atomic mass is 32.2. The van der Waals surface area contributed by atoms with Crippen molar-refractivity contribution in [3.8, 4) is 0 Å². The first-order valence-corrected chi connectivity index (χ1v) is 28.7. The first kappa shape index (κ1) is 54.3. The van der Waals surface area contributed by atoms with E-state index in [9.17, 15) is 22.7 Å². The summed E-state index contributed by atoms with van der Waals surface area (Å²) in [5.74, 6) is 1.03. The molecule has 2 N–H and O–H groups in total. The van der Waals surface area contributed by atoms with Gasteiger partial charge < -0.3 is 25.0 Å². The van der Waals surface area contributed by atoms with Crippen LogP contribution in [0.1, 0.15) is 94.6 Å². The Balaban J connectivity index is 0.000000159. The van der Waals surface area contributed by atoms with Gasteiger partial charge in [0, 0.05) is 44.2 Å². The molecule has 6 nitrogen and oxygen atoms in total. The SMILES string of the molecule is Fc1ccc(C(SCCN2CCC3(CCNC3)CC2)c2ccc(F)cc2)cc1.OC(CN1CCC2(CCN(CCSC(c3ccc(F)cc3)c3ccc(F)cc3)CC2)C1)c1ccccc1.c1ccc(C2CO2)cc1. The first-order valence-electron chi connectivity index (χ1n) is 26.6. The molecule has 6 aromatic carbocycles. The third-order valence-electron chi connectivity index (χ3n) is 15.9. The summed E-state index contributed by atoms with van der Waals surface area (Å²) in [5.41, 5.74) is 7.44. The van der Waals surface area contributed by atoms with E-state index in [1.807, 2.05) is 121 Å². The predicted octanol–water partition coefficient (Wildman–Crippen LogP) is 12.9. The fraction of sp³-hybridized carbons (Fsp3) is 0.419. The smallest absolute Gasteiger partial charge is 0.123 e. The zero-order valence-electron chi connectivity index (χ0n) is 42.5. The second-order valence-corrected chi connectivity index (χ2v) is 23.4. The van der Waals surface area contributed by atoms with Crippen LogP contribution in [0.2, 0.25) is 0 Å². The highest BCUT2D eigenvalue weighted by Crippen LogP contribution is 2.43. The van der Waals surface area contributed by atoms with Crippen molar-refractivity contribution in [2.24, 2.45) is 10.8 Å². The predicted molar refractivity (Wildman–Crippen MR) is 295 cm³/mol. The van der Waals surface area contributed by atoms with Gasteiger partial charge in [0.15, 0.2) is 0 Å². The number of ether oxygens (including phenoxy) is 1. The van der Waals surface area contributed by atoms with Gasteiger partial charge in [-0.25, -0.2) is 17.6 Å². The zero-order chi connectivity index (χ0) is 51.2. The lowest BCUT2D eigenvalue weighted by atomic mass is 9.78. The second-order valence-electron chi connectivity index (χ2n) is 21.0. The molecule has 11 rings (SSSR count). The number of rotatable bonds is 16. The van der Waals surface area contributed by atoms with Crippen LogP contribution in [-0.4, -0.2) is 110 Å². The van der Waals surface area contributed by atoms with Crippen LogP contribution in [0.15, 0.2) is 158 Å². The molecule has 392 valence electrons. The molecule has 0 radical (unpaired) electrons. The number of nitrogens with zero attached hydrogens (tertiary/aromatic N) is 3. The molecule has 74 heavy (non-hydrogen) atoms. The number of hydrogen-bond donors (Lipinski definition) is 2. The lowest BCUT2D eigenvalue weighted by Gasteiger charge is -2.39. The number of β-amino-alcohol motifs (C(OH)–C–C–N with tert-alkyl or cyclic N) is 1. The first-order chi connectivity index (χ1) is 36.1. The van der Waals surface area contributed by atoms with Crippen molar-refractivity contribution in [2.75, 3.05) is 90.1 Å². The molecule has 5 aliphatic heterocycles. The summed E-state index contributed by atoms with van der Waals surface area (Å²) in [6.07, 6.45) is 7.52. The average molecular weight is 1050 g/mol. The van der Waals surface area contributed by atoms with E-state index in [1.165, 1.54) is 119 Å². The normalized spacial score (nSPS) is 19.8. The number of thioether (sulfide) groups is 2. The molecule has 5 saturated heterocycles. The van der Waals surface area contributed by atoms with E-state index in [4.69, 9.17) is 4.74 Å². The molecule has 0 aromatic heterocycles. The lowest BCUT2D eigenvalue weighted by molar-refractivity contribution is 0.0914. The number of nitrogens with one attached hydrogen (secondary N) is 1. The van der Waals surface area contributed by atoms with E-state index in [0.29, 0.717) is 23.5 Å². The number of piperidine rings is 2. The van der Waals surface area contributed by atoms with E-state index in [1.54, 1.807) is 0 Å². The molecule has 0 amide bonds. The van der Waals surface area contributed by atoms with E-state index in [2.05, 4.69) is 32.1 Å². The van der Waals surface area contributed by atoms with Crippen LogP contribution in [0, 0.1) is 34.1 Å². The van der Waals surface area contributed by atoms with Crippen LogP contribution < -0.4 is 5.32 Å². The van der Waals surface area contributed by atoms with Gasteiger partial charge in [0.25, 0.3) is 0 Å². The van der Waals surface area contributed by atoms with Crippen molar-refractivity contribution in [1.29, 1.82) is 0 Å². The van der Waals surface area contributed by atoms with Gasteiger partial charge in [-0.1, -0.05) is 109 Å². The highest BCUT2D eigenvalue weighted by Gasteiger charge is 2.41. The largest absolute Gasteiger partial charge is 0.387 e. The molecule has 6 aromatic rings. The summed E-state index contributed by atoms with van der Waals surface area (Å²) in [7, 11) is 0. The number of epoxide rings is 1. The number of likely N-dealkylation sites (tertiary alicyclic amines) is 3. The summed E-state index contributed by atoms with van der Waals surface area (Å²) < 4.78 is 58.8. The Kier molecular flexibility index (Phi) is 19.5.